The van der Waals surface area contributed by atoms with Gasteiger partial charge in [-0.3, -0.25) is 14.4 Å². The first-order chi connectivity index (χ1) is 12.2. The van der Waals surface area contributed by atoms with Crippen LogP contribution in [-0.4, -0.2) is 72.5 Å². The summed E-state index contributed by atoms with van der Waals surface area (Å²) in [6.07, 6.45) is -2.06. The van der Waals surface area contributed by atoms with Crippen molar-refractivity contribution in [2.75, 3.05) is 32.7 Å². The van der Waals surface area contributed by atoms with Crippen molar-refractivity contribution >= 4 is 30.1 Å². The zero-order valence-electron chi connectivity index (χ0n) is 15.0. The van der Waals surface area contributed by atoms with Gasteiger partial charge in [0.1, 0.15) is 6.54 Å². The van der Waals surface area contributed by atoms with Crippen molar-refractivity contribution in [3.05, 3.63) is 0 Å². The van der Waals surface area contributed by atoms with Gasteiger partial charge >= 0.3 is 6.18 Å². The number of nitrogens with two attached hydrogens (primary N) is 1. The molecule has 11 heteroatoms. The lowest BCUT2D eigenvalue weighted by atomic mass is 9.98. The molecule has 2 aliphatic heterocycles. The molecule has 0 radical (unpaired) electrons. The lowest BCUT2D eigenvalue weighted by Gasteiger charge is -2.37. The lowest BCUT2D eigenvalue weighted by molar-refractivity contribution is -0.157. The highest BCUT2D eigenvalue weighted by Crippen LogP contribution is 2.27. The Kier molecular flexibility index (Phi) is 8.80. The van der Waals surface area contributed by atoms with E-state index in [0.29, 0.717) is 17.9 Å². The summed E-state index contributed by atoms with van der Waals surface area (Å²) in [5.41, 5.74) is 5.32. The molecule has 2 unspecified atom stereocenters. The summed E-state index contributed by atoms with van der Waals surface area (Å²) in [7, 11) is 0. The first-order valence-electron chi connectivity index (χ1n) is 8.83. The molecule has 0 aliphatic carbocycles. The molecule has 3 N–H and O–H groups in total. The number of piperidine rings is 1. The maximum absolute atomic E-state index is 12.8. The number of nitrogens with zero attached hydrogens (tertiary/aromatic N) is 2. The molecule has 2 atom stereocenters. The Morgan fingerprint density at radius 1 is 1.26 bits per heavy atom. The van der Waals surface area contributed by atoms with E-state index in [2.05, 4.69) is 5.32 Å². The van der Waals surface area contributed by atoms with E-state index in [9.17, 15) is 27.6 Å². The molecule has 3 amide bonds. The van der Waals surface area contributed by atoms with Crippen LogP contribution in [-0.2, 0) is 14.4 Å². The number of nitrogens with one attached hydrogen (secondary N) is 1. The van der Waals surface area contributed by atoms with Crippen LogP contribution in [0.3, 0.4) is 0 Å². The van der Waals surface area contributed by atoms with Crippen LogP contribution in [0.25, 0.3) is 0 Å². The van der Waals surface area contributed by atoms with E-state index in [1.807, 2.05) is 0 Å². The maximum Gasteiger partial charge on any atom is 0.406 e. The van der Waals surface area contributed by atoms with Crippen molar-refractivity contribution in [3.63, 3.8) is 0 Å². The van der Waals surface area contributed by atoms with E-state index < -0.39 is 24.5 Å². The molecule has 0 aromatic rings. The Labute approximate surface area is 162 Å². The van der Waals surface area contributed by atoms with Gasteiger partial charge in [0.15, 0.2) is 0 Å². The van der Waals surface area contributed by atoms with Gasteiger partial charge in [-0.25, -0.2) is 0 Å². The average molecular weight is 415 g/mol. The van der Waals surface area contributed by atoms with Gasteiger partial charge < -0.3 is 20.9 Å². The third-order valence-corrected chi connectivity index (χ3v) is 4.75. The Morgan fingerprint density at radius 2 is 1.96 bits per heavy atom. The monoisotopic (exact) mass is 414 g/mol. The molecular formula is C16H26ClF3N4O3. The average Bonchev–Trinajstić information content (AvgIpc) is 2.92. The summed E-state index contributed by atoms with van der Waals surface area (Å²) < 4.78 is 37.6. The van der Waals surface area contributed by atoms with Crippen LogP contribution in [0.4, 0.5) is 13.2 Å². The largest absolute Gasteiger partial charge is 0.406 e. The number of hydrogen-bond acceptors (Lipinski definition) is 4. The summed E-state index contributed by atoms with van der Waals surface area (Å²) in [5, 5.41) is 2.74. The van der Waals surface area contributed by atoms with Gasteiger partial charge in [-0.1, -0.05) is 0 Å². The summed E-state index contributed by atoms with van der Waals surface area (Å²) in [4.78, 5) is 38.5. The fourth-order valence-electron chi connectivity index (χ4n) is 3.50. The third-order valence-electron chi connectivity index (χ3n) is 4.75. The molecule has 2 saturated heterocycles. The van der Waals surface area contributed by atoms with E-state index in [0.717, 1.165) is 12.8 Å². The number of hydrogen-bond donors (Lipinski definition) is 2. The second kappa shape index (κ2) is 10.1. The second-order valence-corrected chi connectivity index (χ2v) is 6.81. The van der Waals surface area contributed by atoms with E-state index in [1.54, 1.807) is 4.90 Å². The van der Waals surface area contributed by atoms with Crippen LogP contribution in [0.5, 0.6) is 0 Å². The molecule has 0 aromatic carbocycles. The van der Waals surface area contributed by atoms with Crippen LogP contribution >= 0.6 is 12.4 Å². The van der Waals surface area contributed by atoms with Gasteiger partial charge in [0, 0.05) is 45.1 Å². The summed E-state index contributed by atoms with van der Waals surface area (Å²) >= 11 is 0. The fourth-order valence-corrected chi connectivity index (χ4v) is 3.50. The number of amides is 3. The van der Waals surface area contributed by atoms with Crippen LogP contribution in [0.15, 0.2) is 0 Å². The quantitative estimate of drug-likeness (QED) is 0.667. The standard InChI is InChI=1S/C16H25F3N4O3.ClH/c17-16(18,19)10-22-9-11(7-14(22)25)15(26)23-6-2-1-3-12(23)8-21-13(24)4-5-20;/h11-12H,1-10,20H2,(H,21,24);1H. The van der Waals surface area contributed by atoms with Crippen molar-refractivity contribution in [2.45, 2.75) is 44.3 Å². The van der Waals surface area contributed by atoms with Gasteiger partial charge in [0.25, 0.3) is 0 Å². The number of alkyl halides is 3. The van der Waals surface area contributed by atoms with Crippen LogP contribution in [0.2, 0.25) is 0 Å². The van der Waals surface area contributed by atoms with Gasteiger partial charge in [0.2, 0.25) is 17.7 Å². The molecule has 2 fully saturated rings. The normalized spacial score (nSPS) is 23.2. The second-order valence-electron chi connectivity index (χ2n) is 6.81. The van der Waals surface area contributed by atoms with E-state index in [1.165, 1.54) is 0 Å². The minimum absolute atomic E-state index is 0. The number of carbonyl (C=O) groups excluding carboxylic acids is 3. The highest BCUT2D eigenvalue weighted by Gasteiger charge is 2.42. The molecule has 0 aromatic heterocycles. The van der Waals surface area contributed by atoms with Gasteiger partial charge in [-0.15, -0.1) is 12.4 Å². The molecule has 0 spiro atoms. The van der Waals surface area contributed by atoms with Gasteiger partial charge in [0.05, 0.1) is 5.92 Å². The minimum atomic E-state index is -4.48. The zero-order valence-corrected chi connectivity index (χ0v) is 15.8. The predicted octanol–water partition coefficient (Wildman–Crippen LogP) is 0.665. The van der Waals surface area contributed by atoms with E-state index in [-0.39, 0.29) is 62.7 Å². The van der Waals surface area contributed by atoms with Crippen molar-refractivity contribution in [1.82, 2.24) is 15.1 Å². The number of rotatable bonds is 6. The highest BCUT2D eigenvalue weighted by atomic mass is 35.5. The fraction of sp³-hybridized carbons (Fsp3) is 0.812. The molecule has 2 aliphatic rings. The minimum Gasteiger partial charge on any atom is -0.354 e. The Morgan fingerprint density at radius 3 is 2.59 bits per heavy atom. The molecule has 0 saturated carbocycles. The first kappa shape index (κ1) is 23.5. The van der Waals surface area contributed by atoms with Crippen molar-refractivity contribution in [2.24, 2.45) is 11.7 Å². The Balaban J connectivity index is 0.00000364. The predicted molar refractivity (Wildman–Crippen MR) is 94.0 cm³/mol. The van der Waals surface area contributed by atoms with Gasteiger partial charge in [-0.05, 0) is 19.3 Å². The van der Waals surface area contributed by atoms with Crippen LogP contribution < -0.4 is 11.1 Å². The van der Waals surface area contributed by atoms with Crippen LogP contribution in [0.1, 0.15) is 32.1 Å². The molecule has 156 valence electrons. The summed E-state index contributed by atoms with van der Waals surface area (Å²) in [6.45, 7) is -0.524. The number of likely N-dealkylation sites (tertiary alicyclic amines) is 2. The molecule has 2 heterocycles. The topological polar surface area (TPSA) is 95.7 Å². The molecule has 2 rings (SSSR count). The molecule has 7 nitrogen and oxygen atoms in total. The summed E-state index contributed by atoms with van der Waals surface area (Å²) in [6, 6.07) is -0.204. The molecular weight excluding hydrogens is 389 g/mol. The lowest BCUT2D eigenvalue weighted by Crippen LogP contribution is -2.51. The Hall–Kier alpha value is -1.55. The zero-order chi connectivity index (χ0) is 19.3. The SMILES string of the molecule is Cl.NCCC(=O)NCC1CCCCN1C(=O)C1CC(=O)N(CC(F)(F)F)C1. The number of carbonyl (C=O) groups is 3. The highest BCUT2D eigenvalue weighted by molar-refractivity contribution is 5.89. The van der Waals surface area contributed by atoms with Crippen LogP contribution in [0, 0.1) is 5.92 Å². The smallest absolute Gasteiger partial charge is 0.354 e. The van der Waals surface area contributed by atoms with Crippen molar-refractivity contribution < 1.29 is 27.6 Å². The van der Waals surface area contributed by atoms with Crippen molar-refractivity contribution in [1.29, 1.82) is 0 Å². The maximum atomic E-state index is 12.8. The first-order valence-corrected chi connectivity index (χ1v) is 8.83. The Bertz CT molecular complexity index is 547. The number of halogens is 4. The molecule has 27 heavy (non-hydrogen) atoms. The van der Waals surface area contributed by atoms with E-state index >= 15 is 0 Å². The van der Waals surface area contributed by atoms with E-state index in [4.69, 9.17) is 5.73 Å². The summed E-state index contributed by atoms with van der Waals surface area (Å²) in [5.74, 6) is -1.91. The van der Waals surface area contributed by atoms with Gasteiger partial charge in [-0.2, -0.15) is 13.2 Å². The molecule has 0 bridgehead atoms. The third kappa shape index (κ3) is 6.84. The van der Waals surface area contributed by atoms with Crippen molar-refractivity contribution in [3.8, 4) is 0 Å².